The highest BCUT2D eigenvalue weighted by atomic mass is 79.9. The highest BCUT2D eigenvalue weighted by molar-refractivity contribution is 9.10. The van der Waals surface area contributed by atoms with Gasteiger partial charge in [0.15, 0.2) is 5.78 Å². The fourth-order valence-corrected chi connectivity index (χ4v) is 1.93. The number of hydrogen-bond acceptors (Lipinski definition) is 1. The van der Waals surface area contributed by atoms with Gasteiger partial charge in [-0.05, 0) is 52.3 Å². The average Bonchev–Trinajstić information content (AvgIpc) is 2.34. The monoisotopic (exact) mass is 330 g/mol. The van der Waals surface area contributed by atoms with Crippen molar-refractivity contribution in [1.82, 2.24) is 0 Å². The molecule has 0 aromatic heterocycles. The minimum Gasteiger partial charge on any atom is -0.288 e. The second-order valence-electron chi connectivity index (χ2n) is 3.58. The number of hydrogen-bond donors (Lipinski definition) is 0. The normalized spacial score (nSPS) is 10.4. The van der Waals surface area contributed by atoms with Gasteiger partial charge in [-0.15, -0.1) is 0 Å². The molecule has 0 N–H and O–H groups in total. The highest BCUT2D eigenvalue weighted by Crippen LogP contribution is 2.27. The minimum absolute atomic E-state index is 0.144. The van der Waals surface area contributed by atoms with E-state index < -0.39 is 17.4 Å². The third-order valence-electron chi connectivity index (χ3n) is 2.36. The van der Waals surface area contributed by atoms with E-state index in [1.54, 1.807) is 0 Å². The Morgan fingerprint density at radius 3 is 2.33 bits per heavy atom. The van der Waals surface area contributed by atoms with Crippen LogP contribution in [0.5, 0.6) is 0 Å². The molecule has 18 heavy (non-hydrogen) atoms. The van der Waals surface area contributed by atoms with Gasteiger partial charge >= 0.3 is 0 Å². The van der Waals surface area contributed by atoms with Crippen molar-refractivity contribution in [2.45, 2.75) is 0 Å². The van der Waals surface area contributed by atoms with Crippen molar-refractivity contribution in [3.8, 4) is 0 Å². The van der Waals surface area contributed by atoms with Gasteiger partial charge in [-0.25, -0.2) is 8.78 Å². The predicted octanol–water partition coefficient (Wildman–Crippen LogP) is 4.61. The topological polar surface area (TPSA) is 17.1 Å². The Hall–Kier alpha value is -1.26. The fourth-order valence-electron chi connectivity index (χ4n) is 1.45. The third kappa shape index (κ3) is 2.60. The molecule has 0 atom stereocenters. The highest BCUT2D eigenvalue weighted by Gasteiger charge is 2.16. The van der Waals surface area contributed by atoms with Crippen LogP contribution in [0.1, 0.15) is 15.9 Å². The average molecular weight is 332 g/mol. The molecular weight excluding hydrogens is 325 g/mol. The summed E-state index contributed by atoms with van der Waals surface area (Å²) in [7, 11) is 0. The fraction of sp³-hybridized carbons (Fsp3) is 0. The molecule has 92 valence electrons. The lowest BCUT2D eigenvalue weighted by Gasteiger charge is -2.05. The van der Waals surface area contributed by atoms with Crippen molar-refractivity contribution in [1.29, 1.82) is 0 Å². The molecule has 0 bridgehead atoms. The van der Waals surface area contributed by atoms with E-state index in [0.717, 1.165) is 18.2 Å². The summed E-state index contributed by atoms with van der Waals surface area (Å²) < 4.78 is 26.8. The van der Waals surface area contributed by atoms with Gasteiger partial charge in [-0.2, -0.15) is 0 Å². The Morgan fingerprint density at radius 2 is 1.72 bits per heavy atom. The van der Waals surface area contributed by atoms with Crippen LogP contribution in [0.3, 0.4) is 0 Å². The Balaban J connectivity index is 2.46. The lowest BCUT2D eigenvalue weighted by molar-refractivity contribution is 0.103. The summed E-state index contributed by atoms with van der Waals surface area (Å²) in [5.74, 6) is -1.68. The van der Waals surface area contributed by atoms with Gasteiger partial charge in [0.05, 0.1) is 10.6 Å². The second kappa shape index (κ2) is 5.16. The van der Waals surface area contributed by atoms with E-state index in [-0.39, 0.29) is 16.1 Å². The van der Waals surface area contributed by atoms with E-state index in [4.69, 9.17) is 11.6 Å². The number of rotatable bonds is 2. The van der Waals surface area contributed by atoms with Gasteiger partial charge in [0.25, 0.3) is 0 Å². The maximum absolute atomic E-state index is 13.7. The molecule has 0 aliphatic carbocycles. The Kier molecular flexibility index (Phi) is 3.78. The zero-order valence-corrected chi connectivity index (χ0v) is 11.2. The predicted molar refractivity (Wildman–Crippen MR) is 68.9 cm³/mol. The van der Waals surface area contributed by atoms with E-state index in [0.29, 0.717) is 4.47 Å². The quantitative estimate of drug-likeness (QED) is 0.580. The van der Waals surface area contributed by atoms with E-state index in [1.165, 1.54) is 18.2 Å². The first-order valence-corrected chi connectivity index (χ1v) is 6.11. The number of carbonyl (C=O) groups is 1. The smallest absolute Gasteiger partial charge is 0.196 e. The summed E-state index contributed by atoms with van der Waals surface area (Å²) in [5.41, 5.74) is 0.0588. The zero-order chi connectivity index (χ0) is 13.3. The van der Waals surface area contributed by atoms with E-state index >= 15 is 0 Å². The summed E-state index contributed by atoms with van der Waals surface area (Å²) in [6.45, 7) is 0. The summed E-state index contributed by atoms with van der Waals surface area (Å²) in [5, 5.41) is 0.238. The van der Waals surface area contributed by atoms with Crippen molar-refractivity contribution in [2.75, 3.05) is 0 Å². The number of carbonyl (C=O) groups excluding carboxylic acids is 1. The third-order valence-corrected chi connectivity index (χ3v) is 3.56. The molecule has 2 aromatic rings. The van der Waals surface area contributed by atoms with Gasteiger partial charge < -0.3 is 0 Å². The Labute approximate surface area is 116 Å². The lowest BCUT2D eigenvalue weighted by atomic mass is 10.0. The van der Waals surface area contributed by atoms with E-state index in [9.17, 15) is 13.6 Å². The van der Waals surface area contributed by atoms with Crippen LogP contribution in [0.2, 0.25) is 5.02 Å². The molecule has 0 aliphatic rings. The first-order chi connectivity index (χ1) is 8.49. The molecule has 0 unspecified atom stereocenters. The van der Waals surface area contributed by atoms with Crippen molar-refractivity contribution in [3.05, 3.63) is 68.7 Å². The van der Waals surface area contributed by atoms with Crippen LogP contribution in [0.25, 0.3) is 0 Å². The van der Waals surface area contributed by atoms with E-state index in [2.05, 4.69) is 15.9 Å². The number of benzene rings is 2. The second-order valence-corrected chi connectivity index (χ2v) is 4.84. The van der Waals surface area contributed by atoms with Gasteiger partial charge in [0.2, 0.25) is 0 Å². The van der Waals surface area contributed by atoms with E-state index in [1.807, 2.05) is 0 Å². The van der Waals surface area contributed by atoms with Crippen LogP contribution >= 0.6 is 27.5 Å². The summed E-state index contributed by atoms with van der Waals surface area (Å²) in [6, 6.07) is 7.25. The Bertz CT molecular complexity index is 611. The molecule has 0 saturated heterocycles. The molecular formula is C13H6BrClF2O. The van der Waals surface area contributed by atoms with Crippen LogP contribution in [-0.4, -0.2) is 5.78 Å². The molecule has 0 saturated carbocycles. The molecule has 0 fully saturated rings. The molecule has 2 rings (SSSR count). The molecule has 0 spiro atoms. The van der Waals surface area contributed by atoms with Crippen molar-refractivity contribution >= 4 is 33.3 Å². The standard InChI is InChI=1S/C13H6BrClF2O/c14-10-6-12(17)9(5-11(10)15)13(18)7-1-3-8(16)4-2-7/h1-6H. The molecule has 2 aromatic carbocycles. The first kappa shape index (κ1) is 13.2. The largest absolute Gasteiger partial charge is 0.288 e. The van der Waals surface area contributed by atoms with Gasteiger partial charge in [0, 0.05) is 10.0 Å². The summed E-state index contributed by atoms with van der Waals surface area (Å²) in [6.07, 6.45) is 0. The molecule has 0 aliphatic heterocycles. The van der Waals surface area contributed by atoms with Gasteiger partial charge in [-0.1, -0.05) is 11.6 Å². The maximum Gasteiger partial charge on any atom is 0.196 e. The molecule has 0 amide bonds. The van der Waals surface area contributed by atoms with Crippen LogP contribution < -0.4 is 0 Å². The molecule has 1 nitrogen and oxygen atoms in total. The lowest BCUT2D eigenvalue weighted by Crippen LogP contribution is -2.04. The van der Waals surface area contributed by atoms with Crippen LogP contribution in [0, 0.1) is 11.6 Å². The van der Waals surface area contributed by atoms with Crippen molar-refractivity contribution in [3.63, 3.8) is 0 Å². The van der Waals surface area contributed by atoms with Crippen molar-refractivity contribution < 1.29 is 13.6 Å². The number of ketones is 1. The zero-order valence-electron chi connectivity index (χ0n) is 8.88. The SMILES string of the molecule is O=C(c1ccc(F)cc1)c1cc(Cl)c(Br)cc1F. The number of halogens is 4. The maximum atomic E-state index is 13.7. The molecule has 0 heterocycles. The Morgan fingerprint density at radius 1 is 1.11 bits per heavy atom. The van der Waals surface area contributed by atoms with Crippen LogP contribution in [-0.2, 0) is 0 Å². The minimum atomic E-state index is -0.680. The summed E-state index contributed by atoms with van der Waals surface area (Å²) >= 11 is 8.88. The molecule has 5 heteroatoms. The van der Waals surface area contributed by atoms with Gasteiger partial charge in [-0.3, -0.25) is 4.79 Å². The molecule has 0 radical (unpaired) electrons. The van der Waals surface area contributed by atoms with Crippen molar-refractivity contribution in [2.24, 2.45) is 0 Å². The summed E-state index contributed by atoms with van der Waals surface area (Å²) in [4.78, 5) is 12.0. The van der Waals surface area contributed by atoms with Crippen LogP contribution in [0.4, 0.5) is 8.78 Å². The van der Waals surface area contributed by atoms with Gasteiger partial charge in [0.1, 0.15) is 11.6 Å². The first-order valence-electron chi connectivity index (χ1n) is 4.94. The van der Waals surface area contributed by atoms with Crippen LogP contribution in [0.15, 0.2) is 40.9 Å².